The van der Waals surface area contributed by atoms with Gasteiger partial charge in [0.1, 0.15) is 15.9 Å². The fraction of sp³-hybridized carbons (Fsp3) is 0.500. The van der Waals surface area contributed by atoms with E-state index in [9.17, 15) is 4.79 Å². The minimum atomic E-state index is -0.339. The number of amides is 1. The summed E-state index contributed by atoms with van der Waals surface area (Å²) in [5.74, 6) is 0.990. The fourth-order valence-corrected chi connectivity index (χ4v) is 4.43. The summed E-state index contributed by atoms with van der Waals surface area (Å²) >= 11 is 7.32. The normalized spacial score (nSPS) is 15.8. The first-order valence-corrected chi connectivity index (χ1v) is 13.2. The summed E-state index contributed by atoms with van der Waals surface area (Å²) < 4.78 is 10.9. The van der Waals surface area contributed by atoms with Gasteiger partial charge in [0.25, 0.3) is 5.91 Å². The quantitative estimate of drug-likeness (QED) is 0.361. The van der Waals surface area contributed by atoms with Crippen LogP contribution in [0.15, 0.2) is 24.5 Å². The molecule has 1 saturated heterocycles. The summed E-state index contributed by atoms with van der Waals surface area (Å²) in [6.07, 6.45) is 5.54. The highest BCUT2D eigenvalue weighted by Gasteiger charge is 2.30. The Balaban J connectivity index is 0.000000347. The van der Waals surface area contributed by atoms with E-state index in [1.165, 1.54) is 43.7 Å². The van der Waals surface area contributed by atoms with Crippen molar-refractivity contribution in [2.45, 2.75) is 66.9 Å². The molecule has 1 atom stereocenters. The van der Waals surface area contributed by atoms with Crippen molar-refractivity contribution in [3.63, 3.8) is 0 Å². The minimum Gasteiger partial charge on any atom is -0.494 e. The van der Waals surface area contributed by atoms with Crippen molar-refractivity contribution in [2.24, 2.45) is 5.92 Å². The molecule has 0 spiro atoms. The van der Waals surface area contributed by atoms with Crippen molar-refractivity contribution in [2.75, 3.05) is 19.0 Å². The summed E-state index contributed by atoms with van der Waals surface area (Å²) in [7, 11) is 1.53. The molecule has 36 heavy (non-hydrogen) atoms. The third-order valence-corrected chi connectivity index (χ3v) is 6.40. The summed E-state index contributed by atoms with van der Waals surface area (Å²) in [5.41, 5.74) is 2.60. The van der Waals surface area contributed by atoms with Gasteiger partial charge < -0.3 is 9.47 Å². The molecule has 0 bridgehead atoms. The number of aryl methyl sites for hydroxylation is 2. The number of hydrogen-bond donors (Lipinski definition) is 1. The number of ether oxygens (including phenoxy) is 2. The molecule has 196 valence electrons. The Hall–Kier alpha value is -2.62. The van der Waals surface area contributed by atoms with Crippen LogP contribution in [0.5, 0.6) is 5.75 Å². The maximum absolute atomic E-state index is 12.7. The molecule has 0 radical (unpaired) electrons. The van der Waals surface area contributed by atoms with E-state index in [0.29, 0.717) is 32.7 Å². The van der Waals surface area contributed by atoms with E-state index < -0.39 is 0 Å². The lowest BCUT2D eigenvalue weighted by molar-refractivity contribution is 0.0349. The van der Waals surface area contributed by atoms with E-state index in [4.69, 9.17) is 21.1 Å². The van der Waals surface area contributed by atoms with Gasteiger partial charge in [-0.25, -0.2) is 4.98 Å². The molecule has 1 amide bonds. The number of aromatic nitrogens is 4. The average molecular weight is 534 g/mol. The predicted octanol–water partition coefficient (Wildman–Crippen LogP) is 6.76. The van der Waals surface area contributed by atoms with E-state index in [1.54, 1.807) is 12.1 Å². The first kappa shape index (κ1) is 29.6. The van der Waals surface area contributed by atoms with Crippen molar-refractivity contribution < 1.29 is 14.3 Å². The molecule has 10 heteroatoms. The number of carbonyl (C=O) groups excluding carboxylic acids is 1. The van der Waals surface area contributed by atoms with Crippen LogP contribution in [-0.2, 0) is 4.74 Å². The molecule has 0 saturated carbocycles. The molecule has 1 aliphatic rings. The number of nitrogens with one attached hydrogen (secondary N) is 1. The first-order valence-electron chi connectivity index (χ1n) is 12.0. The van der Waals surface area contributed by atoms with Gasteiger partial charge in [-0.1, -0.05) is 50.1 Å². The Morgan fingerprint density at radius 3 is 2.44 bits per heavy atom. The van der Waals surface area contributed by atoms with Gasteiger partial charge >= 0.3 is 0 Å². The smallest absolute Gasteiger partial charge is 0.259 e. The molecule has 0 aromatic carbocycles. The molecule has 3 aromatic heterocycles. The van der Waals surface area contributed by atoms with Crippen molar-refractivity contribution in [3.8, 4) is 16.9 Å². The van der Waals surface area contributed by atoms with Crippen LogP contribution in [0.4, 0.5) is 5.13 Å². The minimum absolute atomic E-state index is 0.167. The molecule has 4 heterocycles. The molecule has 3 aromatic rings. The number of methoxy groups -OCH3 is 1. The van der Waals surface area contributed by atoms with Crippen molar-refractivity contribution >= 4 is 34.0 Å². The maximum atomic E-state index is 12.7. The van der Waals surface area contributed by atoms with Gasteiger partial charge in [-0.15, -0.1) is 10.2 Å². The molecule has 4 rings (SSSR count). The van der Waals surface area contributed by atoms with Gasteiger partial charge in [0.15, 0.2) is 0 Å². The summed E-state index contributed by atoms with van der Waals surface area (Å²) in [6.45, 7) is 15.2. The monoisotopic (exact) mass is 533 g/mol. The Bertz CT molecular complexity index is 1150. The number of rotatable bonds is 5. The molecule has 1 fully saturated rings. The molecular formula is C26H36ClN5O3S. The van der Waals surface area contributed by atoms with Gasteiger partial charge in [0.2, 0.25) is 5.13 Å². The number of pyridine rings is 2. The van der Waals surface area contributed by atoms with E-state index in [2.05, 4.69) is 46.3 Å². The van der Waals surface area contributed by atoms with E-state index >= 15 is 0 Å². The second-order valence-corrected chi connectivity index (χ2v) is 10.3. The van der Waals surface area contributed by atoms with Crippen LogP contribution < -0.4 is 10.1 Å². The van der Waals surface area contributed by atoms with Crippen molar-refractivity contribution in [1.82, 2.24) is 20.2 Å². The second-order valence-electron chi connectivity index (χ2n) is 8.71. The van der Waals surface area contributed by atoms with Crippen LogP contribution in [-0.4, -0.2) is 45.4 Å². The number of nitrogens with zero attached hydrogens (tertiary/aromatic N) is 4. The average Bonchev–Trinajstić information content (AvgIpc) is 3.44. The molecular weight excluding hydrogens is 498 g/mol. The molecule has 0 aliphatic carbocycles. The van der Waals surface area contributed by atoms with Gasteiger partial charge in [-0.3, -0.25) is 15.1 Å². The highest BCUT2D eigenvalue weighted by atomic mass is 35.5. The molecule has 8 nitrogen and oxygen atoms in total. The number of hydrogen-bond acceptors (Lipinski definition) is 8. The standard InChI is InChI=1S/C16H14ClN5O2S.C8H16O.C2H6/c1-8-4-10(11-5-14(17)19-7-13(11)24-3)12(6-18-8)15(23)20-16-22-21-9(2)25-16;1-4-7-5-8(2,3)9-6-7;1-2/h4-7H,1-3H3,(H,20,22,23);7H,4-6H2,1-3H3;1-2H3. The van der Waals surface area contributed by atoms with Crippen LogP contribution in [0.3, 0.4) is 0 Å². The van der Waals surface area contributed by atoms with Gasteiger partial charge in [-0.05, 0) is 52.2 Å². The Labute approximate surface area is 222 Å². The zero-order valence-corrected chi connectivity index (χ0v) is 23.9. The zero-order valence-electron chi connectivity index (χ0n) is 22.3. The summed E-state index contributed by atoms with van der Waals surface area (Å²) in [5, 5.41) is 12.0. The van der Waals surface area contributed by atoms with E-state index in [1.807, 2.05) is 27.7 Å². The highest BCUT2D eigenvalue weighted by molar-refractivity contribution is 7.15. The zero-order chi connectivity index (χ0) is 26.9. The first-order chi connectivity index (χ1) is 17.1. The lowest BCUT2D eigenvalue weighted by Crippen LogP contribution is -2.16. The SMILES string of the molecule is CC.CCC1COC(C)(C)C1.COc1cnc(Cl)cc1-c1cc(C)ncc1C(=O)Nc1nnc(C)s1. The van der Waals surface area contributed by atoms with Gasteiger partial charge in [0, 0.05) is 23.0 Å². The van der Waals surface area contributed by atoms with E-state index in [0.717, 1.165) is 23.2 Å². The number of anilines is 1. The largest absolute Gasteiger partial charge is 0.494 e. The fourth-order valence-electron chi connectivity index (χ4n) is 3.68. The Kier molecular flexibility index (Phi) is 11.2. The topological polar surface area (TPSA) is 99.1 Å². The molecule has 1 unspecified atom stereocenters. The lowest BCUT2D eigenvalue weighted by Gasteiger charge is -2.15. The molecule has 1 N–H and O–H groups in total. The van der Waals surface area contributed by atoms with Crippen LogP contribution in [0.25, 0.3) is 11.1 Å². The van der Waals surface area contributed by atoms with Crippen molar-refractivity contribution in [3.05, 3.63) is 45.9 Å². The summed E-state index contributed by atoms with van der Waals surface area (Å²) in [6, 6.07) is 3.45. The summed E-state index contributed by atoms with van der Waals surface area (Å²) in [4.78, 5) is 21.0. The van der Waals surface area contributed by atoms with Crippen LogP contribution in [0.1, 0.15) is 68.5 Å². The van der Waals surface area contributed by atoms with Crippen LogP contribution >= 0.6 is 22.9 Å². The van der Waals surface area contributed by atoms with Gasteiger partial charge in [0.05, 0.1) is 31.1 Å². The second kappa shape index (κ2) is 13.6. The lowest BCUT2D eigenvalue weighted by atomic mass is 9.96. The Morgan fingerprint density at radius 1 is 1.19 bits per heavy atom. The third-order valence-electron chi connectivity index (χ3n) is 5.44. The van der Waals surface area contributed by atoms with Crippen molar-refractivity contribution in [1.29, 1.82) is 0 Å². The maximum Gasteiger partial charge on any atom is 0.259 e. The van der Waals surface area contributed by atoms with Crippen LogP contribution in [0, 0.1) is 19.8 Å². The predicted molar refractivity (Wildman–Crippen MR) is 146 cm³/mol. The molecule has 1 aliphatic heterocycles. The number of carbonyl (C=O) groups is 1. The third kappa shape index (κ3) is 8.21. The Morgan fingerprint density at radius 2 is 1.92 bits per heavy atom. The highest BCUT2D eigenvalue weighted by Crippen LogP contribution is 2.34. The van der Waals surface area contributed by atoms with E-state index in [-0.39, 0.29) is 11.5 Å². The van der Waals surface area contributed by atoms with Gasteiger partial charge in [-0.2, -0.15) is 0 Å². The van der Waals surface area contributed by atoms with Crippen LogP contribution in [0.2, 0.25) is 5.15 Å². The number of halogens is 1.